The first kappa shape index (κ1) is 20.8. The highest BCUT2D eigenvalue weighted by atomic mass is 32.1. The molecule has 158 valence electrons. The Balaban J connectivity index is 1.67. The number of carbonyl (C=O) groups excluding carboxylic acids is 1. The van der Waals surface area contributed by atoms with Crippen molar-refractivity contribution in [2.75, 3.05) is 32.2 Å². The van der Waals surface area contributed by atoms with E-state index in [2.05, 4.69) is 30.2 Å². The van der Waals surface area contributed by atoms with Crippen LogP contribution in [0.4, 0.5) is 5.13 Å². The topological polar surface area (TPSA) is 69.7 Å². The molecule has 0 aliphatic carbocycles. The molecule has 2 aromatic carbocycles. The molecule has 30 heavy (non-hydrogen) atoms. The number of benzene rings is 2. The first-order valence-electron chi connectivity index (χ1n) is 10.2. The minimum atomic E-state index is -0.149. The van der Waals surface area contributed by atoms with Crippen molar-refractivity contribution in [1.29, 1.82) is 0 Å². The molecule has 0 radical (unpaired) electrons. The third-order valence-electron chi connectivity index (χ3n) is 5.34. The molecule has 7 heteroatoms. The van der Waals surface area contributed by atoms with Crippen molar-refractivity contribution < 1.29 is 19.0 Å². The highest BCUT2D eigenvalue weighted by molar-refractivity contribution is 7.22. The lowest BCUT2D eigenvalue weighted by atomic mass is 10.0. The van der Waals surface area contributed by atoms with Gasteiger partial charge in [0.15, 0.2) is 5.13 Å². The summed E-state index contributed by atoms with van der Waals surface area (Å²) < 4.78 is 17.9. The van der Waals surface area contributed by atoms with Crippen LogP contribution in [-0.2, 0) is 22.3 Å². The van der Waals surface area contributed by atoms with Gasteiger partial charge < -0.3 is 14.2 Å². The SMILES string of the molecule is CCc1ccc(C(=O)Nc2nc3c(OC)ccc(C4COCCO4)c3s2)c(CC)c1. The lowest BCUT2D eigenvalue weighted by molar-refractivity contribution is -0.0895. The molecule has 1 aliphatic heterocycles. The molecule has 1 N–H and O–H groups in total. The Labute approximate surface area is 180 Å². The molecular formula is C23H26N2O4S. The normalized spacial score (nSPS) is 16.6. The van der Waals surface area contributed by atoms with E-state index in [1.807, 2.05) is 24.3 Å². The number of fused-ring (bicyclic) bond motifs is 1. The molecule has 2 heterocycles. The van der Waals surface area contributed by atoms with Crippen LogP contribution in [0.1, 0.15) is 47.0 Å². The second-order valence-electron chi connectivity index (χ2n) is 7.14. The van der Waals surface area contributed by atoms with Crippen molar-refractivity contribution in [3.05, 3.63) is 52.6 Å². The van der Waals surface area contributed by atoms with Gasteiger partial charge in [0.25, 0.3) is 5.91 Å². The number of rotatable bonds is 6. The number of nitrogens with one attached hydrogen (secondary N) is 1. The maximum atomic E-state index is 13.0. The number of anilines is 1. The fraction of sp³-hybridized carbons (Fsp3) is 0.391. The molecule has 4 rings (SSSR count). The maximum Gasteiger partial charge on any atom is 0.257 e. The van der Waals surface area contributed by atoms with E-state index < -0.39 is 0 Å². The molecule has 0 bridgehead atoms. The molecule has 0 saturated carbocycles. The number of amides is 1. The van der Waals surface area contributed by atoms with Gasteiger partial charge in [-0.2, -0.15) is 0 Å². The smallest absolute Gasteiger partial charge is 0.257 e. The highest BCUT2D eigenvalue weighted by Gasteiger charge is 2.23. The van der Waals surface area contributed by atoms with Gasteiger partial charge in [-0.05, 0) is 36.1 Å². The van der Waals surface area contributed by atoms with Crippen LogP contribution in [0.15, 0.2) is 30.3 Å². The van der Waals surface area contributed by atoms with Crippen molar-refractivity contribution >= 4 is 32.6 Å². The predicted molar refractivity (Wildman–Crippen MR) is 119 cm³/mol. The molecule has 1 amide bonds. The first-order valence-corrected chi connectivity index (χ1v) is 11.1. The molecule has 6 nitrogen and oxygen atoms in total. The Bertz CT molecular complexity index is 1060. The summed E-state index contributed by atoms with van der Waals surface area (Å²) in [6.45, 7) is 5.85. The van der Waals surface area contributed by atoms with Crippen molar-refractivity contribution in [2.24, 2.45) is 0 Å². The number of ether oxygens (including phenoxy) is 3. The summed E-state index contributed by atoms with van der Waals surface area (Å²) in [6, 6.07) is 9.89. The van der Waals surface area contributed by atoms with E-state index in [0.717, 1.165) is 34.2 Å². The number of hydrogen-bond acceptors (Lipinski definition) is 6. The molecular weight excluding hydrogens is 400 g/mol. The number of carbonyl (C=O) groups is 1. The van der Waals surface area contributed by atoms with E-state index in [9.17, 15) is 4.79 Å². The van der Waals surface area contributed by atoms with Gasteiger partial charge in [-0.1, -0.05) is 43.4 Å². The van der Waals surface area contributed by atoms with Crippen LogP contribution in [-0.4, -0.2) is 37.8 Å². The molecule has 0 spiro atoms. The summed E-state index contributed by atoms with van der Waals surface area (Å²) in [7, 11) is 1.62. The number of methoxy groups -OCH3 is 1. The summed E-state index contributed by atoms with van der Waals surface area (Å²) in [5.74, 6) is 0.523. The van der Waals surface area contributed by atoms with E-state index in [1.54, 1.807) is 7.11 Å². The van der Waals surface area contributed by atoms with Crippen molar-refractivity contribution in [1.82, 2.24) is 4.98 Å². The number of nitrogens with zero attached hydrogens (tertiary/aromatic N) is 1. The number of thiazole rings is 1. The van der Waals surface area contributed by atoms with Gasteiger partial charge in [-0.3, -0.25) is 10.1 Å². The summed E-state index contributed by atoms with van der Waals surface area (Å²) in [6.07, 6.45) is 1.60. The molecule has 1 aliphatic rings. The van der Waals surface area contributed by atoms with Gasteiger partial charge in [-0.15, -0.1) is 0 Å². The van der Waals surface area contributed by atoms with E-state index in [0.29, 0.717) is 36.3 Å². The third kappa shape index (κ3) is 4.05. The highest BCUT2D eigenvalue weighted by Crippen LogP contribution is 2.39. The minimum Gasteiger partial charge on any atom is -0.494 e. The number of aromatic nitrogens is 1. The molecule has 1 atom stereocenters. The lowest BCUT2D eigenvalue weighted by Crippen LogP contribution is -2.21. The van der Waals surface area contributed by atoms with Gasteiger partial charge in [0.05, 0.1) is 31.6 Å². The van der Waals surface area contributed by atoms with Crippen LogP contribution in [0.3, 0.4) is 0 Å². The summed E-state index contributed by atoms with van der Waals surface area (Å²) in [4.78, 5) is 17.6. The van der Waals surface area contributed by atoms with Crippen molar-refractivity contribution in [2.45, 2.75) is 32.8 Å². The van der Waals surface area contributed by atoms with Crippen LogP contribution >= 0.6 is 11.3 Å². The maximum absolute atomic E-state index is 13.0. The van der Waals surface area contributed by atoms with Gasteiger partial charge in [0.2, 0.25) is 0 Å². The molecule has 3 aromatic rings. The zero-order chi connectivity index (χ0) is 21.1. The van der Waals surface area contributed by atoms with Gasteiger partial charge in [-0.25, -0.2) is 4.98 Å². The Kier molecular flexibility index (Phi) is 6.32. The average molecular weight is 427 g/mol. The fourth-order valence-corrected chi connectivity index (χ4v) is 4.72. The van der Waals surface area contributed by atoms with Crippen molar-refractivity contribution in [3.63, 3.8) is 0 Å². The van der Waals surface area contributed by atoms with Gasteiger partial charge in [0, 0.05) is 11.1 Å². The third-order valence-corrected chi connectivity index (χ3v) is 6.36. The monoisotopic (exact) mass is 426 g/mol. The van der Waals surface area contributed by atoms with Crippen LogP contribution < -0.4 is 10.1 Å². The molecule has 1 unspecified atom stereocenters. The van der Waals surface area contributed by atoms with Crippen LogP contribution in [0, 0.1) is 0 Å². The van der Waals surface area contributed by atoms with E-state index in [1.165, 1.54) is 16.9 Å². The van der Waals surface area contributed by atoms with Crippen LogP contribution in [0.2, 0.25) is 0 Å². The number of hydrogen-bond donors (Lipinski definition) is 1. The van der Waals surface area contributed by atoms with Crippen LogP contribution in [0.25, 0.3) is 10.2 Å². The second kappa shape index (κ2) is 9.12. The van der Waals surface area contributed by atoms with Crippen LogP contribution in [0.5, 0.6) is 5.75 Å². The standard InChI is InChI=1S/C23H26N2O4S/c1-4-14-6-7-16(15(5-2)12-14)22(26)25-23-24-20-18(27-3)9-8-17(21(20)30-23)19-13-28-10-11-29-19/h6-9,12,19H,4-5,10-11,13H2,1-3H3,(H,24,25,26). The van der Waals surface area contributed by atoms with E-state index in [-0.39, 0.29) is 12.0 Å². The van der Waals surface area contributed by atoms with Gasteiger partial charge >= 0.3 is 0 Å². The Morgan fingerprint density at radius 1 is 1.23 bits per heavy atom. The van der Waals surface area contributed by atoms with Gasteiger partial charge in [0.1, 0.15) is 17.4 Å². The minimum absolute atomic E-state index is 0.147. The Morgan fingerprint density at radius 3 is 2.80 bits per heavy atom. The fourth-order valence-electron chi connectivity index (χ4n) is 3.69. The zero-order valence-electron chi connectivity index (χ0n) is 17.5. The zero-order valence-corrected chi connectivity index (χ0v) is 18.3. The largest absolute Gasteiger partial charge is 0.494 e. The second-order valence-corrected chi connectivity index (χ2v) is 8.14. The number of aryl methyl sites for hydroxylation is 2. The lowest BCUT2D eigenvalue weighted by Gasteiger charge is -2.23. The quantitative estimate of drug-likeness (QED) is 0.615. The molecule has 1 saturated heterocycles. The van der Waals surface area contributed by atoms with Crippen molar-refractivity contribution in [3.8, 4) is 5.75 Å². The Morgan fingerprint density at radius 2 is 2.10 bits per heavy atom. The Hall–Kier alpha value is -2.48. The summed E-state index contributed by atoms with van der Waals surface area (Å²) in [5.41, 5.74) is 4.68. The summed E-state index contributed by atoms with van der Waals surface area (Å²) in [5, 5.41) is 3.52. The first-order chi connectivity index (χ1) is 14.6. The molecule has 1 aromatic heterocycles. The molecule has 1 fully saturated rings. The predicted octanol–water partition coefficient (Wildman–Crippen LogP) is 4.77. The summed E-state index contributed by atoms with van der Waals surface area (Å²) >= 11 is 1.43. The average Bonchev–Trinajstić information content (AvgIpc) is 3.21. The van der Waals surface area contributed by atoms with E-state index >= 15 is 0 Å². The van der Waals surface area contributed by atoms with E-state index in [4.69, 9.17) is 14.2 Å².